The molecule has 0 radical (unpaired) electrons. The highest BCUT2D eigenvalue weighted by Crippen LogP contribution is 2.29. The van der Waals surface area contributed by atoms with Crippen LogP contribution < -0.4 is 5.32 Å². The Morgan fingerprint density at radius 2 is 1.84 bits per heavy atom. The molecule has 25 heavy (non-hydrogen) atoms. The monoisotopic (exact) mass is 347 g/mol. The number of hydrogen-bond donors (Lipinski definition) is 1. The molecule has 0 bridgehead atoms. The van der Waals surface area contributed by atoms with Crippen LogP contribution in [0.3, 0.4) is 0 Å². The van der Waals surface area contributed by atoms with Crippen LogP contribution in [0.2, 0.25) is 0 Å². The molecule has 0 fully saturated rings. The van der Waals surface area contributed by atoms with Gasteiger partial charge >= 0.3 is 6.18 Å². The van der Waals surface area contributed by atoms with Gasteiger partial charge in [0.05, 0.1) is 18.2 Å². The van der Waals surface area contributed by atoms with E-state index in [1.54, 1.807) is 6.26 Å². The third-order valence-electron chi connectivity index (χ3n) is 3.93. The van der Waals surface area contributed by atoms with Crippen LogP contribution >= 0.6 is 0 Å². The molecule has 0 aliphatic heterocycles. The SMILES string of the molecule is Cc1ccc2c(CC(=O)NCc3ccc(C(F)(F)F)cc3)coc2c1. The van der Waals surface area contributed by atoms with Gasteiger partial charge < -0.3 is 9.73 Å². The van der Waals surface area contributed by atoms with Crippen molar-refractivity contribution in [2.45, 2.75) is 26.1 Å². The number of carbonyl (C=O) groups excluding carboxylic acids is 1. The lowest BCUT2D eigenvalue weighted by Crippen LogP contribution is -2.24. The summed E-state index contributed by atoms with van der Waals surface area (Å²) in [5.41, 5.74) is 2.47. The smallest absolute Gasteiger partial charge is 0.416 e. The van der Waals surface area contributed by atoms with Gasteiger partial charge in [0.25, 0.3) is 0 Å². The first-order chi connectivity index (χ1) is 11.8. The number of carbonyl (C=O) groups is 1. The lowest BCUT2D eigenvalue weighted by molar-refractivity contribution is -0.137. The Morgan fingerprint density at radius 1 is 1.12 bits per heavy atom. The molecular formula is C19H16F3NO2. The number of fused-ring (bicyclic) bond motifs is 1. The third-order valence-corrected chi connectivity index (χ3v) is 3.93. The first-order valence-corrected chi connectivity index (χ1v) is 7.72. The van der Waals surface area contributed by atoms with Gasteiger partial charge in [-0.3, -0.25) is 4.79 Å². The normalized spacial score (nSPS) is 11.7. The van der Waals surface area contributed by atoms with E-state index in [-0.39, 0.29) is 18.9 Å². The second kappa shape index (κ2) is 6.63. The molecule has 130 valence electrons. The fourth-order valence-corrected chi connectivity index (χ4v) is 2.58. The van der Waals surface area contributed by atoms with Crippen LogP contribution in [-0.2, 0) is 23.9 Å². The summed E-state index contributed by atoms with van der Waals surface area (Å²) in [5.74, 6) is -0.219. The van der Waals surface area contributed by atoms with E-state index in [9.17, 15) is 18.0 Å². The number of amides is 1. The van der Waals surface area contributed by atoms with Crippen molar-refractivity contribution in [1.82, 2.24) is 5.32 Å². The number of aryl methyl sites for hydroxylation is 1. The van der Waals surface area contributed by atoms with Crippen molar-refractivity contribution in [3.63, 3.8) is 0 Å². The number of hydrogen-bond acceptors (Lipinski definition) is 2. The van der Waals surface area contributed by atoms with Crippen LogP contribution in [0.4, 0.5) is 13.2 Å². The standard InChI is InChI=1S/C19H16F3NO2/c1-12-2-7-16-14(11-25-17(16)8-12)9-18(24)23-10-13-3-5-15(6-4-13)19(20,21)22/h2-8,11H,9-10H2,1H3,(H,23,24). The molecule has 3 rings (SSSR count). The minimum atomic E-state index is -4.36. The largest absolute Gasteiger partial charge is 0.464 e. The van der Waals surface area contributed by atoms with Crippen LogP contribution in [0.1, 0.15) is 22.3 Å². The van der Waals surface area contributed by atoms with E-state index in [0.29, 0.717) is 5.56 Å². The zero-order valence-electron chi connectivity index (χ0n) is 13.5. The van der Waals surface area contributed by atoms with E-state index in [1.165, 1.54) is 12.1 Å². The van der Waals surface area contributed by atoms with E-state index in [0.717, 1.165) is 34.2 Å². The molecule has 3 aromatic rings. The van der Waals surface area contributed by atoms with Crippen LogP contribution in [0.25, 0.3) is 11.0 Å². The fourth-order valence-electron chi connectivity index (χ4n) is 2.58. The Labute approximate surface area is 142 Å². The Morgan fingerprint density at radius 3 is 2.52 bits per heavy atom. The highest BCUT2D eigenvalue weighted by atomic mass is 19.4. The molecule has 0 saturated heterocycles. The first kappa shape index (κ1) is 17.1. The highest BCUT2D eigenvalue weighted by molar-refractivity contribution is 5.87. The molecule has 0 spiro atoms. The molecule has 1 heterocycles. The van der Waals surface area contributed by atoms with E-state index in [2.05, 4.69) is 5.32 Å². The molecule has 0 unspecified atom stereocenters. The maximum absolute atomic E-state index is 12.5. The van der Waals surface area contributed by atoms with Crippen molar-refractivity contribution in [3.05, 3.63) is 71.0 Å². The number of benzene rings is 2. The summed E-state index contributed by atoms with van der Waals surface area (Å²) in [4.78, 5) is 12.1. The van der Waals surface area contributed by atoms with Crippen molar-refractivity contribution in [2.24, 2.45) is 0 Å². The third kappa shape index (κ3) is 4.02. The highest BCUT2D eigenvalue weighted by Gasteiger charge is 2.29. The molecular weight excluding hydrogens is 331 g/mol. The maximum Gasteiger partial charge on any atom is 0.416 e. The summed E-state index contributed by atoms with van der Waals surface area (Å²) in [6.07, 6.45) is -2.65. The Balaban J connectivity index is 1.61. The van der Waals surface area contributed by atoms with Crippen molar-refractivity contribution < 1.29 is 22.4 Å². The molecule has 0 atom stereocenters. The molecule has 0 saturated carbocycles. The predicted molar refractivity (Wildman–Crippen MR) is 87.9 cm³/mol. The second-order valence-electron chi connectivity index (χ2n) is 5.91. The van der Waals surface area contributed by atoms with Crippen molar-refractivity contribution in [1.29, 1.82) is 0 Å². The van der Waals surface area contributed by atoms with Gasteiger partial charge in [0.15, 0.2) is 0 Å². The zero-order valence-corrected chi connectivity index (χ0v) is 13.5. The van der Waals surface area contributed by atoms with E-state index in [4.69, 9.17) is 4.42 Å². The van der Waals surface area contributed by atoms with Gasteiger partial charge in [-0.2, -0.15) is 13.2 Å². The van der Waals surface area contributed by atoms with Crippen LogP contribution in [0.15, 0.2) is 53.1 Å². The van der Waals surface area contributed by atoms with Crippen molar-refractivity contribution in [2.75, 3.05) is 0 Å². The topological polar surface area (TPSA) is 42.2 Å². The van der Waals surface area contributed by atoms with Crippen LogP contribution in [0, 0.1) is 6.92 Å². The summed E-state index contributed by atoms with van der Waals surface area (Å²) in [6, 6.07) is 10.5. The fraction of sp³-hybridized carbons (Fsp3) is 0.211. The van der Waals surface area contributed by atoms with Gasteiger partial charge in [0.2, 0.25) is 5.91 Å². The number of furan rings is 1. The Hall–Kier alpha value is -2.76. The second-order valence-corrected chi connectivity index (χ2v) is 5.91. The van der Waals surface area contributed by atoms with Gasteiger partial charge in [-0.15, -0.1) is 0 Å². The van der Waals surface area contributed by atoms with Gasteiger partial charge in [0, 0.05) is 17.5 Å². The Kier molecular flexibility index (Phi) is 4.53. The molecule has 1 N–H and O–H groups in total. The minimum absolute atomic E-state index is 0.149. The number of rotatable bonds is 4. The number of nitrogens with one attached hydrogen (secondary N) is 1. The maximum atomic E-state index is 12.5. The molecule has 6 heteroatoms. The van der Waals surface area contributed by atoms with E-state index in [1.807, 2.05) is 25.1 Å². The van der Waals surface area contributed by atoms with E-state index < -0.39 is 11.7 Å². The van der Waals surface area contributed by atoms with Gasteiger partial charge in [-0.25, -0.2) is 0 Å². The number of halogens is 3. The molecule has 0 aliphatic rings. The summed E-state index contributed by atoms with van der Waals surface area (Å²) < 4.78 is 43.0. The average Bonchev–Trinajstić information content (AvgIpc) is 2.94. The lowest BCUT2D eigenvalue weighted by atomic mass is 10.1. The molecule has 2 aromatic carbocycles. The van der Waals surface area contributed by atoms with Gasteiger partial charge in [-0.05, 0) is 36.2 Å². The zero-order chi connectivity index (χ0) is 18.0. The van der Waals surface area contributed by atoms with Crippen LogP contribution in [0.5, 0.6) is 0 Å². The van der Waals surface area contributed by atoms with Crippen molar-refractivity contribution in [3.8, 4) is 0 Å². The quantitative estimate of drug-likeness (QED) is 0.748. The summed E-state index contributed by atoms with van der Waals surface area (Å²) >= 11 is 0. The van der Waals surface area contributed by atoms with Crippen LogP contribution in [-0.4, -0.2) is 5.91 Å². The summed E-state index contributed by atoms with van der Waals surface area (Å²) in [7, 11) is 0. The summed E-state index contributed by atoms with van der Waals surface area (Å²) in [6.45, 7) is 2.13. The summed E-state index contributed by atoms with van der Waals surface area (Å²) in [5, 5.41) is 3.59. The van der Waals surface area contributed by atoms with Gasteiger partial charge in [-0.1, -0.05) is 24.3 Å². The molecule has 0 aliphatic carbocycles. The van der Waals surface area contributed by atoms with E-state index >= 15 is 0 Å². The predicted octanol–water partition coefficient (Wildman–Crippen LogP) is 4.62. The number of alkyl halides is 3. The minimum Gasteiger partial charge on any atom is -0.464 e. The molecule has 3 nitrogen and oxygen atoms in total. The lowest BCUT2D eigenvalue weighted by Gasteiger charge is -2.08. The average molecular weight is 347 g/mol. The first-order valence-electron chi connectivity index (χ1n) is 7.72. The Bertz CT molecular complexity index is 895. The van der Waals surface area contributed by atoms with Crippen molar-refractivity contribution >= 4 is 16.9 Å². The molecule has 1 amide bonds. The molecule has 1 aromatic heterocycles. The van der Waals surface area contributed by atoms with Gasteiger partial charge in [0.1, 0.15) is 5.58 Å².